The van der Waals surface area contributed by atoms with Gasteiger partial charge in [-0.05, 0) is 24.3 Å². The molecule has 1 heterocycles. The number of rotatable bonds is 4. The van der Waals surface area contributed by atoms with Gasteiger partial charge in [-0.15, -0.1) is 0 Å². The van der Waals surface area contributed by atoms with Crippen molar-refractivity contribution < 1.29 is 41.0 Å². The van der Waals surface area contributed by atoms with Crippen molar-refractivity contribution in [3.05, 3.63) is 47.5 Å². The first-order chi connectivity index (χ1) is 13.1. The summed E-state index contributed by atoms with van der Waals surface area (Å²) in [6, 6.07) is 6.84. The normalized spacial score (nSPS) is 18.1. The molecule has 2 N–H and O–H groups in total. The molecular weight excluding hydrogens is 415 g/mol. The topological polar surface area (TPSA) is 68.8 Å². The van der Waals surface area contributed by atoms with Crippen LogP contribution in [0.3, 0.4) is 0 Å². The Morgan fingerprint density at radius 1 is 1.11 bits per heavy atom. The van der Waals surface area contributed by atoms with Crippen molar-refractivity contribution in [1.29, 1.82) is 0 Å². The third kappa shape index (κ3) is 4.14. The van der Waals surface area contributed by atoms with Crippen molar-refractivity contribution >= 4 is 23.3 Å². The Kier molecular flexibility index (Phi) is 5.11. The van der Waals surface area contributed by atoms with Crippen LogP contribution in [0.5, 0.6) is 17.2 Å². The fourth-order valence-electron chi connectivity index (χ4n) is 2.28. The molecule has 12 heteroatoms. The largest absolute Gasteiger partial charge is 0.492 e. The second kappa shape index (κ2) is 7.23. The van der Waals surface area contributed by atoms with Gasteiger partial charge in [0.25, 0.3) is 0 Å². The highest BCUT2D eigenvalue weighted by molar-refractivity contribution is 6.30. The number of halogens is 6. The summed E-state index contributed by atoms with van der Waals surface area (Å²) >= 11 is 5.71. The van der Waals surface area contributed by atoms with E-state index >= 15 is 0 Å². The molecule has 0 radical (unpaired) electrons. The number of anilines is 1. The molecule has 0 fully saturated rings. The number of fused-ring (bicyclic) bond motifs is 1. The molecule has 0 aromatic heterocycles. The Balaban J connectivity index is 1.77. The second-order valence-corrected chi connectivity index (χ2v) is 5.83. The maximum atomic E-state index is 13.6. The molecule has 2 aromatic rings. The van der Waals surface area contributed by atoms with Crippen LogP contribution in [-0.4, -0.2) is 24.7 Å². The number of benzene rings is 2. The van der Waals surface area contributed by atoms with Crippen LogP contribution in [0.4, 0.5) is 32.4 Å². The minimum atomic E-state index is -5.17. The molecule has 1 unspecified atom stereocenters. The van der Waals surface area contributed by atoms with E-state index in [-0.39, 0.29) is 28.0 Å². The van der Waals surface area contributed by atoms with Crippen LogP contribution in [0, 0.1) is 0 Å². The molecule has 2 aromatic carbocycles. The van der Waals surface area contributed by atoms with E-state index in [9.17, 15) is 26.7 Å². The standard InChI is InChI=1S/C16H10ClF5N2O4/c17-8-4-5-11-12(6-8)28-16(27-11,15(20,21)22)24-14(25)23-9-2-1-3-10(7-9)26-13(18)19/h1-7,13H,(H2,23,24,25). The van der Waals surface area contributed by atoms with Gasteiger partial charge >= 0.3 is 24.7 Å². The molecule has 150 valence electrons. The number of amides is 2. The quantitative estimate of drug-likeness (QED) is 0.695. The molecule has 3 rings (SSSR count). The smallest absolute Gasteiger partial charge is 0.435 e. The molecule has 1 atom stereocenters. The van der Waals surface area contributed by atoms with Crippen molar-refractivity contribution in [2.24, 2.45) is 0 Å². The van der Waals surface area contributed by atoms with Crippen molar-refractivity contribution in [2.75, 3.05) is 5.32 Å². The number of carbonyl (C=O) groups is 1. The Hall–Kier alpha value is -2.95. The molecule has 1 aliphatic heterocycles. The van der Waals surface area contributed by atoms with Gasteiger partial charge in [0.2, 0.25) is 0 Å². The Morgan fingerprint density at radius 3 is 2.50 bits per heavy atom. The summed E-state index contributed by atoms with van der Waals surface area (Å²) in [5, 5.41) is 3.71. The van der Waals surface area contributed by atoms with E-state index < -0.39 is 24.7 Å². The summed E-state index contributed by atoms with van der Waals surface area (Å²) in [5.74, 6) is -4.40. The summed E-state index contributed by atoms with van der Waals surface area (Å²) < 4.78 is 78.9. The lowest BCUT2D eigenvalue weighted by Gasteiger charge is -2.29. The predicted molar refractivity (Wildman–Crippen MR) is 86.7 cm³/mol. The van der Waals surface area contributed by atoms with Gasteiger partial charge in [-0.3, -0.25) is 5.32 Å². The van der Waals surface area contributed by atoms with Gasteiger partial charge in [0, 0.05) is 22.8 Å². The first-order valence-electron chi connectivity index (χ1n) is 7.46. The number of nitrogens with one attached hydrogen (secondary N) is 2. The summed E-state index contributed by atoms with van der Waals surface area (Å²) in [7, 11) is 0. The third-order valence-corrected chi connectivity index (χ3v) is 3.62. The maximum Gasteiger partial charge on any atom is 0.492 e. The number of alkyl halides is 5. The van der Waals surface area contributed by atoms with Crippen molar-refractivity contribution in [3.8, 4) is 17.2 Å². The number of hydrogen-bond acceptors (Lipinski definition) is 4. The molecular formula is C16H10ClF5N2O4. The summed E-state index contributed by atoms with van der Waals surface area (Å²) in [6.45, 7) is -3.11. The summed E-state index contributed by atoms with van der Waals surface area (Å²) in [4.78, 5) is 12.1. The third-order valence-electron chi connectivity index (χ3n) is 3.38. The lowest BCUT2D eigenvalue weighted by Crippen LogP contribution is -2.65. The van der Waals surface area contributed by atoms with E-state index in [0.717, 1.165) is 18.2 Å². The van der Waals surface area contributed by atoms with Gasteiger partial charge in [-0.25, -0.2) is 4.79 Å². The fraction of sp³-hybridized carbons (Fsp3) is 0.188. The number of carbonyl (C=O) groups excluding carboxylic acids is 1. The van der Waals surface area contributed by atoms with E-state index in [2.05, 4.69) is 10.1 Å². The summed E-state index contributed by atoms with van der Waals surface area (Å²) in [6.07, 6.45) is -5.17. The van der Waals surface area contributed by atoms with Crippen molar-refractivity contribution in [2.45, 2.75) is 18.7 Å². The van der Waals surface area contributed by atoms with Gasteiger partial charge in [0.1, 0.15) is 5.75 Å². The zero-order valence-electron chi connectivity index (χ0n) is 13.5. The Bertz CT molecular complexity index is 896. The van der Waals surface area contributed by atoms with E-state index in [0.29, 0.717) is 0 Å². The molecule has 6 nitrogen and oxygen atoms in total. The van der Waals surface area contributed by atoms with Gasteiger partial charge in [-0.2, -0.15) is 22.0 Å². The zero-order valence-corrected chi connectivity index (χ0v) is 14.3. The molecule has 28 heavy (non-hydrogen) atoms. The molecule has 1 aliphatic rings. The van der Waals surface area contributed by atoms with Gasteiger partial charge in [-0.1, -0.05) is 17.7 Å². The van der Waals surface area contributed by atoms with Crippen LogP contribution >= 0.6 is 11.6 Å². The highest BCUT2D eigenvalue weighted by Crippen LogP contribution is 2.46. The second-order valence-electron chi connectivity index (χ2n) is 5.39. The minimum absolute atomic E-state index is 0.0978. The Morgan fingerprint density at radius 2 is 1.82 bits per heavy atom. The van der Waals surface area contributed by atoms with Crippen LogP contribution in [0.25, 0.3) is 0 Å². The SMILES string of the molecule is O=C(Nc1cccc(OC(F)F)c1)NC1(C(F)(F)F)Oc2ccc(Cl)cc2O1. The number of hydrogen-bond donors (Lipinski definition) is 2. The van der Waals surface area contributed by atoms with E-state index in [1.165, 1.54) is 24.3 Å². The molecule has 0 saturated heterocycles. The van der Waals surface area contributed by atoms with Crippen LogP contribution in [0.1, 0.15) is 0 Å². The van der Waals surface area contributed by atoms with Crippen LogP contribution in [0.2, 0.25) is 5.02 Å². The molecule has 0 aliphatic carbocycles. The van der Waals surface area contributed by atoms with Crippen LogP contribution < -0.4 is 24.8 Å². The fourth-order valence-corrected chi connectivity index (χ4v) is 2.44. The predicted octanol–water partition coefficient (Wildman–Crippen LogP) is 4.75. The first-order valence-corrected chi connectivity index (χ1v) is 7.84. The molecule has 0 spiro atoms. The van der Waals surface area contributed by atoms with Gasteiger partial charge < -0.3 is 19.5 Å². The highest BCUT2D eigenvalue weighted by Gasteiger charge is 2.65. The average Bonchev–Trinajstić information content (AvgIpc) is 2.92. The first kappa shape index (κ1) is 19.8. The van der Waals surface area contributed by atoms with Crippen LogP contribution in [-0.2, 0) is 0 Å². The van der Waals surface area contributed by atoms with Crippen molar-refractivity contribution in [3.63, 3.8) is 0 Å². The lowest BCUT2D eigenvalue weighted by molar-refractivity contribution is -0.317. The number of urea groups is 1. The average molecular weight is 425 g/mol. The van der Waals surface area contributed by atoms with E-state index in [1.54, 1.807) is 5.32 Å². The zero-order chi connectivity index (χ0) is 20.5. The minimum Gasteiger partial charge on any atom is -0.435 e. The monoisotopic (exact) mass is 424 g/mol. The van der Waals surface area contributed by atoms with E-state index in [4.69, 9.17) is 21.1 Å². The maximum absolute atomic E-state index is 13.6. The summed E-state index contributed by atoms with van der Waals surface area (Å²) in [5.41, 5.74) is -0.105. The molecule has 0 bridgehead atoms. The van der Waals surface area contributed by atoms with Crippen molar-refractivity contribution in [1.82, 2.24) is 5.32 Å². The van der Waals surface area contributed by atoms with Gasteiger partial charge in [0.15, 0.2) is 11.5 Å². The molecule has 0 saturated carbocycles. The Labute approximate surface area is 159 Å². The van der Waals surface area contributed by atoms with Gasteiger partial charge in [0.05, 0.1) is 0 Å². The lowest BCUT2D eigenvalue weighted by atomic mass is 10.3. The highest BCUT2D eigenvalue weighted by atomic mass is 35.5. The molecule has 2 amide bonds. The number of ether oxygens (including phenoxy) is 3. The van der Waals surface area contributed by atoms with E-state index in [1.807, 2.05) is 0 Å². The van der Waals surface area contributed by atoms with Crippen LogP contribution in [0.15, 0.2) is 42.5 Å².